The molecule has 2 atom stereocenters. The summed E-state index contributed by atoms with van der Waals surface area (Å²) in [7, 11) is 1.62. The first-order chi connectivity index (χ1) is 10.5. The van der Waals surface area contributed by atoms with E-state index in [4.69, 9.17) is 14.2 Å². The summed E-state index contributed by atoms with van der Waals surface area (Å²) in [5.74, 6) is -0.395. The average molecular weight is 308 g/mol. The molecule has 1 aromatic rings. The van der Waals surface area contributed by atoms with Gasteiger partial charge in [-0.3, -0.25) is 0 Å². The summed E-state index contributed by atoms with van der Waals surface area (Å²) in [5.41, 5.74) is 0.384. The van der Waals surface area contributed by atoms with Crippen molar-refractivity contribution in [3.05, 3.63) is 29.3 Å². The molecule has 122 valence electrons. The number of benzene rings is 1. The molecule has 5 heteroatoms. The summed E-state index contributed by atoms with van der Waals surface area (Å²) in [6, 6.07) is 5.69. The van der Waals surface area contributed by atoms with Gasteiger partial charge in [0.1, 0.15) is 12.4 Å². The number of carboxylic acids is 1. The molecule has 1 unspecified atom stereocenters. The summed E-state index contributed by atoms with van der Waals surface area (Å²) in [4.78, 5) is 11.9. The van der Waals surface area contributed by atoms with Gasteiger partial charge in [-0.1, -0.05) is 13.0 Å². The van der Waals surface area contributed by atoms with E-state index in [1.165, 1.54) is 0 Å². The van der Waals surface area contributed by atoms with Gasteiger partial charge in [0.05, 0.1) is 6.10 Å². The number of hydrogen-bond acceptors (Lipinski definition) is 4. The first-order valence-corrected chi connectivity index (χ1v) is 7.70. The Kier molecular flexibility index (Phi) is 5.42. The van der Waals surface area contributed by atoms with Crippen molar-refractivity contribution in [1.29, 1.82) is 0 Å². The van der Waals surface area contributed by atoms with Gasteiger partial charge in [-0.25, -0.2) is 4.79 Å². The van der Waals surface area contributed by atoms with E-state index in [-0.39, 0.29) is 6.10 Å². The molecule has 1 N–H and O–H groups in total. The lowest BCUT2D eigenvalue weighted by Gasteiger charge is -2.27. The fourth-order valence-electron chi connectivity index (χ4n) is 2.65. The second-order valence-electron chi connectivity index (χ2n) is 5.63. The number of methoxy groups -OCH3 is 1. The van der Waals surface area contributed by atoms with Gasteiger partial charge in [0, 0.05) is 19.3 Å². The van der Waals surface area contributed by atoms with E-state index in [2.05, 4.69) is 0 Å². The summed E-state index contributed by atoms with van der Waals surface area (Å²) in [5, 5.41) is 9.72. The minimum Gasteiger partial charge on any atom is -0.490 e. The zero-order valence-corrected chi connectivity index (χ0v) is 13.4. The summed E-state index contributed by atoms with van der Waals surface area (Å²) in [6.07, 6.45) is 1.96. The Balaban J connectivity index is 2.39. The normalized spacial score (nSPS) is 22.5. The Morgan fingerprint density at radius 2 is 2.27 bits per heavy atom. The molecule has 22 heavy (non-hydrogen) atoms. The van der Waals surface area contributed by atoms with Gasteiger partial charge in [0.25, 0.3) is 0 Å². The van der Waals surface area contributed by atoms with Crippen LogP contribution in [0.4, 0.5) is 0 Å². The van der Waals surface area contributed by atoms with Crippen molar-refractivity contribution in [2.75, 3.05) is 20.3 Å². The number of carbonyl (C=O) groups is 1. The Morgan fingerprint density at radius 1 is 1.50 bits per heavy atom. The van der Waals surface area contributed by atoms with Crippen LogP contribution in [0.3, 0.4) is 0 Å². The lowest BCUT2D eigenvalue weighted by molar-refractivity contribution is -0.161. The minimum atomic E-state index is -1.29. The van der Waals surface area contributed by atoms with Crippen LogP contribution in [-0.2, 0) is 26.3 Å². The topological polar surface area (TPSA) is 65.0 Å². The second kappa shape index (κ2) is 7.11. The predicted octanol–water partition coefficient (Wildman–Crippen LogP) is 2.75. The summed E-state index contributed by atoms with van der Waals surface area (Å²) >= 11 is 0. The number of aryl methyl sites for hydroxylation is 1. The highest BCUT2D eigenvalue weighted by Gasteiger charge is 2.46. The highest BCUT2D eigenvalue weighted by atomic mass is 16.5. The zero-order valence-electron chi connectivity index (χ0n) is 13.4. The van der Waals surface area contributed by atoms with E-state index < -0.39 is 11.6 Å². The van der Waals surface area contributed by atoms with E-state index in [0.717, 1.165) is 18.4 Å². The molecule has 0 aromatic heterocycles. The molecular formula is C17H24O5. The van der Waals surface area contributed by atoms with Crippen molar-refractivity contribution in [2.45, 2.75) is 44.8 Å². The molecule has 2 rings (SSSR count). The molecule has 0 spiro atoms. The molecule has 0 bridgehead atoms. The van der Waals surface area contributed by atoms with Gasteiger partial charge in [0.2, 0.25) is 0 Å². The predicted molar refractivity (Wildman–Crippen MR) is 82.3 cm³/mol. The van der Waals surface area contributed by atoms with Crippen LogP contribution in [0.25, 0.3) is 0 Å². The van der Waals surface area contributed by atoms with E-state index in [9.17, 15) is 9.90 Å². The van der Waals surface area contributed by atoms with Gasteiger partial charge < -0.3 is 19.3 Å². The lowest BCUT2D eigenvalue weighted by Crippen LogP contribution is -2.35. The SMILES string of the molecule is CCc1ccc(OC[C@H](C)OC)c(C2(C(=O)O)CCCO2)c1. The molecule has 1 fully saturated rings. The van der Waals surface area contributed by atoms with Crippen molar-refractivity contribution in [3.8, 4) is 5.75 Å². The molecule has 1 aliphatic rings. The standard InChI is InChI=1S/C17H24O5/c1-4-13-6-7-15(21-11-12(2)20-3)14(10-13)17(16(18)19)8-5-9-22-17/h6-7,10,12H,4-5,8-9,11H2,1-3H3,(H,18,19)/t12-,17?/m0/s1. The molecular weight excluding hydrogens is 284 g/mol. The number of aliphatic carboxylic acids is 1. The molecule has 1 aliphatic heterocycles. The van der Waals surface area contributed by atoms with E-state index in [0.29, 0.717) is 30.9 Å². The highest BCUT2D eigenvalue weighted by Crippen LogP contribution is 2.41. The monoisotopic (exact) mass is 308 g/mol. The van der Waals surface area contributed by atoms with Crippen molar-refractivity contribution < 1.29 is 24.1 Å². The van der Waals surface area contributed by atoms with Gasteiger partial charge >= 0.3 is 5.97 Å². The van der Waals surface area contributed by atoms with E-state index >= 15 is 0 Å². The van der Waals surface area contributed by atoms with Crippen LogP contribution in [0.2, 0.25) is 0 Å². The minimum absolute atomic E-state index is 0.0658. The van der Waals surface area contributed by atoms with Gasteiger partial charge in [0.15, 0.2) is 5.60 Å². The Morgan fingerprint density at radius 3 is 2.82 bits per heavy atom. The third-order valence-electron chi connectivity index (χ3n) is 4.13. The molecule has 0 aliphatic carbocycles. The number of hydrogen-bond donors (Lipinski definition) is 1. The van der Waals surface area contributed by atoms with Crippen molar-refractivity contribution in [1.82, 2.24) is 0 Å². The van der Waals surface area contributed by atoms with Crippen LogP contribution in [-0.4, -0.2) is 37.5 Å². The number of carboxylic acid groups (broad SMARTS) is 1. The molecule has 1 heterocycles. The zero-order chi connectivity index (χ0) is 16.2. The maximum atomic E-state index is 11.9. The summed E-state index contributed by atoms with van der Waals surface area (Å²) < 4.78 is 16.6. The molecule has 0 saturated carbocycles. The molecule has 1 aromatic carbocycles. The second-order valence-corrected chi connectivity index (χ2v) is 5.63. The van der Waals surface area contributed by atoms with Crippen LogP contribution >= 0.6 is 0 Å². The number of ether oxygens (including phenoxy) is 3. The molecule has 0 radical (unpaired) electrons. The molecule has 1 saturated heterocycles. The van der Waals surface area contributed by atoms with Gasteiger partial charge in [-0.05, 0) is 43.9 Å². The fourth-order valence-corrected chi connectivity index (χ4v) is 2.65. The van der Waals surface area contributed by atoms with Crippen LogP contribution in [0.5, 0.6) is 5.75 Å². The third-order valence-corrected chi connectivity index (χ3v) is 4.13. The quantitative estimate of drug-likeness (QED) is 0.839. The Labute approximate surface area is 131 Å². The van der Waals surface area contributed by atoms with Crippen LogP contribution in [0.15, 0.2) is 18.2 Å². The Hall–Kier alpha value is -1.59. The largest absolute Gasteiger partial charge is 0.490 e. The maximum absolute atomic E-state index is 11.9. The number of rotatable bonds is 7. The molecule has 5 nitrogen and oxygen atoms in total. The highest BCUT2D eigenvalue weighted by molar-refractivity contribution is 5.81. The maximum Gasteiger partial charge on any atom is 0.340 e. The lowest BCUT2D eigenvalue weighted by atomic mass is 9.88. The van der Waals surface area contributed by atoms with Crippen LogP contribution < -0.4 is 4.74 Å². The van der Waals surface area contributed by atoms with E-state index in [1.54, 1.807) is 7.11 Å². The average Bonchev–Trinajstić information content (AvgIpc) is 3.03. The third kappa shape index (κ3) is 3.25. The Bertz CT molecular complexity index is 520. The first kappa shape index (κ1) is 16.8. The van der Waals surface area contributed by atoms with Gasteiger partial charge in [-0.2, -0.15) is 0 Å². The summed E-state index contributed by atoms with van der Waals surface area (Å²) in [6.45, 7) is 4.76. The van der Waals surface area contributed by atoms with Crippen LogP contribution in [0, 0.1) is 0 Å². The van der Waals surface area contributed by atoms with Crippen molar-refractivity contribution >= 4 is 5.97 Å². The van der Waals surface area contributed by atoms with E-state index in [1.807, 2.05) is 32.0 Å². The van der Waals surface area contributed by atoms with Crippen molar-refractivity contribution in [3.63, 3.8) is 0 Å². The van der Waals surface area contributed by atoms with Crippen LogP contribution in [0.1, 0.15) is 37.8 Å². The van der Waals surface area contributed by atoms with Crippen molar-refractivity contribution in [2.24, 2.45) is 0 Å². The first-order valence-electron chi connectivity index (χ1n) is 7.70. The fraction of sp³-hybridized carbons (Fsp3) is 0.588. The van der Waals surface area contributed by atoms with Gasteiger partial charge in [-0.15, -0.1) is 0 Å². The molecule has 0 amide bonds. The smallest absolute Gasteiger partial charge is 0.340 e.